The second-order valence-corrected chi connectivity index (χ2v) is 7.07. The molecule has 0 radical (unpaired) electrons. The molecule has 0 N–H and O–H groups in total. The Bertz CT molecular complexity index is 832. The number of methoxy groups -OCH3 is 1. The minimum Gasteiger partial charge on any atom is -0.496 e. The van der Waals surface area contributed by atoms with Crippen molar-refractivity contribution in [1.82, 2.24) is 4.90 Å². The van der Waals surface area contributed by atoms with Crippen molar-refractivity contribution >= 4 is 17.4 Å². The van der Waals surface area contributed by atoms with Gasteiger partial charge in [-0.3, -0.25) is 9.59 Å². The van der Waals surface area contributed by atoms with Crippen molar-refractivity contribution in [3.63, 3.8) is 0 Å². The maximum absolute atomic E-state index is 13.1. The quantitative estimate of drug-likeness (QED) is 0.760. The molecular weight excluding hydrogens is 340 g/mol. The molecule has 1 aliphatic heterocycles. The van der Waals surface area contributed by atoms with Crippen molar-refractivity contribution in [3.05, 3.63) is 59.7 Å². The normalized spacial score (nSPS) is 16.7. The monoisotopic (exact) mass is 366 g/mol. The predicted octanol–water partition coefficient (Wildman–Crippen LogP) is 3.50. The van der Waals surface area contributed by atoms with E-state index in [1.807, 2.05) is 60.3 Å². The van der Waals surface area contributed by atoms with Crippen LogP contribution in [0.2, 0.25) is 0 Å². The summed E-state index contributed by atoms with van der Waals surface area (Å²) in [5.74, 6) is 0.414. The summed E-state index contributed by atoms with van der Waals surface area (Å²) in [7, 11) is 5.42. The molecule has 5 heteroatoms. The SMILES string of the molecule is COc1ccccc1C(=O)C1CCCN(C(=O)c2ccccc2N(C)C)C1. The number of ketones is 1. The van der Waals surface area contributed by atoms with Gasteiger partial charge in [0.25, 0.3) is 5.91 Å². The zero-order valence-corrected chi connectivity index (χ0v) is 16.1. The highest BCUT2D eigenvalue weighted by molar-refractivity contribution is 6.02. The summed E-state index contributed by atoms with van der Waals surface area (Å²) >= 11 is 0. The Morgan fingerprint density at radius 2 is 1.70 bits per heavy atom. The number of anilines is 1. The van der Waals surface area contributed by atoms with Crippen molar-refractivity contribution in [2.24, 2.45) is 5.92 Å². The zero-order valence-electron chi connectivity index (χ0n) is 16.1. The predicted molar refractivity (Wildman–Crippen MR) is 107 cm³/mol. The van der Waals surface area contributed by atoms with E-state index in [-0.39, 0.29) is 17.6 Å². The van der Waals surface area contributed by atoms with Crippen molar-refractivity contribution in [1.29, 1.82) is 0 Å². The molecule has 142 valence electrons. The van der Waals surface area contributed by atoms with Gasteiger partial charge in [0.15, 0.2) is 5.78 Å². The van der Waals surface area contributed by atoms with Crippen molar-refractivity contribution in [2.75, 3.05) is 39.2 Å². The molecule has 0 spiro atoms. The number of piperidine rings is 1. The van der Waals surface area contributed by atoms with Crippen molar-refractivity contribution < 1.29 is 14.3 Å². The van der Waals surface area contributed by atoms with Gasteiger partial charge in [0.2, 0.25) is 0 Å². The van der Waals surface area contributed by atoms with Gasteiger partial charge in [-0.1, -0.05) is 24.3 Å². The number of ether oxygens (including phenoxy) is 1. The van der Waals surface area contributed by atoms with Gasteiger partial charge in [-0.2, -0.15) is 0 Å². The second kappa shape index (κ2) is 8.25. The topological polar surface area (TPSA) is 49.9 Å². The fourth-order valence-corrected chi connectivity index (χ4v) is 3.66. The number of hydrogen-bond acceptors (Lipinski definition) is 4. The first-order valence-electron chi connectivity index (χ1n) is 9.25. The molecule has 0 saturated carbocycles. The van der Waals surface area contributed by atoms with Crippen molar-refractivity contribution in [2.45, 2.75) is 12.8 Å². The van der Waals surface area contributed by atoms with Crippen LogP contribution in [0.15, 0.2) is 48.5 Å². The molecule has 1 fully saturated rings. The van der Waals surface area contributed by atoms with E-state index in [9.17, 15) is 9.59 Å². The zero-order chi connectivity index (χ0) is 19.4. The lowest BCUT2D eigenvalue weighted by molar-refractivity contribution is 0.0637. The maximum atomic E-state index is 13.1. The van der Waals surface area contributed by atoms with Crippen molar-refractivity contribution in [3.8, 4) is 5.75 Å². The minimum atomic E-state index is -0.203. The number of rotatable bonds is 5. The van der Waals surface area contributed by atoms with Gasteiger partial charge < -0.3 is 14.5 Å². The number of likely N-dealkylation sites (tertiary alicyclic amines) is 1. The molecular formula is C22H26N2O3. The van der Waals surface area contributed by atoms with Crippen LogP contribution in [0.4, 0.5) is 5.69 Å². The number of carbonyl (C=O) groups is 2. The van der Waals surface area contributed by atoms with E-state index in [1.165, 1.54) is 0 Å². The summed E-state index contributed by atoms with van der Waals surface area (Å²) in [5, 5.41) is 0. The summed E-state index contributed by atoms with van der Waals surface area (Å²) in [4.78, 5) is 29.9. The Morgan fingerprint density at radius 1 is 1.04 bits per heavy atom. The third-order valence-electron chi connectivity index (χ3n) is 5.07. The van der Waals surface area contributed by atoms with E-state index < -0.39 is 0 Å². The van der Waals surface area contributed by atoms with Crippen LogP contribution in [0, 0.1) is 5.92 Å². The smallest absolute Gasteiger partial charge is 0.255 e. The number of hydrogen-bond donors (Lipinski definition) is 0. The number of benzene rings is 2. The van der Waals surface area contributed by atoms with Crippen LogP contribution >= 0.6 is 0 Å². The van der Waals surface area contributed by atoms with E-state index in [4.69, 9.17) is 4.74 Å². The van der Waals surface area contributed by atoms with Crippen LogP contribution in [-0.2, 0) is 0 Å². The van der Waals surface area contributed by atoms with Gasteiger partial charge in [0.1, 0.15) is 5.75 Å². The summed E-state index contributed by atoms with van der Waals surface area (Å²) in [6.45, 7) is 1.12. The Hall–Kier alpha value is -2.82. The number of carbonyl (C=O) groups excluding carboxylic acids is 2. The third-order valence-corrected chi connectivity index (χ3v) is 5.07. The largest absolute Gasteiger partial charge is 0.496 e. The molecule has 2 aromatic carbocycles. The van der Waals surface area contributed by atoms with E-state index in [1.54, 1.807) is 19.2 Å². The number of nitrogens with zero attached hydrogens (tertiary/aromatic N) is 2. The highest BCUT2D eigenvalue weighted by atomic mass is 16.5. The van der Waals surface area contributed by atoms with Gasteiger partial charge in [-0.15, -0.1) is 0 Å². The fourth-order valence-electron chi connectivity index (χ4n) is 3.66. The van der Waals surface area contributed by atoms with Gasteiger partial charge in [-0.05, 0) is 37.1 Å². The van der Waals surface area contributed by atoms with E-state index in [0.717, 1.165) is 18.5 Å². The Morgan fingerprint density at radius 3 is 2.41 bits per heavy atom. The lowest BCUT2D eigenvalue weighted by Crippen LogP contribution is -2.42. The van der Waals surface area contributed by atoms with Crippen LogP contribution in [0.3, 0.4) is 0 Å². The van der Waals surface area contributed by atoms with Gasteiger partial charge in [-0.25, -0.2) is 0 Å². The second-order valence-electron chi connectivity index (χ2n) is 7.07. The molecule has 1 atom stereocenters. The first-order valence-corrected chi connectivity index (χ1v) is 9.25. The van der Waals surface area contributed by atoms with E-state index >= 15 is 0 Å². The Kier molecular flexibility index (Phi) is 5.79. The molecule has 3 rings (SSSR count). The molecule has 0 aliphatic carbocycles. The molecule has 0 aromatic heterocycles. The molecule has 5 nitrogen and oxygen atoms in total. The first-order chi connectivity index (χ1) is 13.0. The standard InChI is InChI=1S/C22H26N2O3/c1-23(2)19-12-6-4-10-17(19)22(26)24-14-8-9-16(15-24)21(25)18-11-5-7-13-20(18)27-3/h4-7,10-13,16H,8-9,14-15H2,1-3H3. The average Bonchev–Trinajstić information content (AvgIpc) is 2.72. The Balaban J connectivity index is 1.80. The summed E-state index contributed by atoms with van der Waals surface area (Å²) < 4.78 is 5.34. The molecule has 0 bridgehead atoms. The molecule has 1 unspecified atom stereocenters. The lowest BCUT2D eigenvalue weighted by atomic mass is 9.89. The molecule has 2 aromatic rings. The molecule has 1 amide bonds. The van der Waals surface area contributed by atoms with Crippen LogP contribution in [0.1, 0.15) is 33.6 Å². The molecule has 1 aliphatic rings. The summed E-state index contributed by atoms with van der Waals surface area (Å²) in [5.41, 5.74) is 2.15. The van der Waals surface area contributed by atoms with Gasteiger partial charge >= 0.3 is 0 Å². The third kappa shape index (κ3) is 3.97. The number of Topliss-reactive ketones (excluding diaryl/α,β-unsaturated/α-hetero) is 1. The molecule has 1 saturated heterocycles. The minimum absolute atomic E-state index is 0.0168. The summed E-state index contributed by atoms with van der Waals surface area (Å²) in [6, 6.07) is 14.9. The fraction of sp³-hybridized carbons (Fsp3) is 0.364. The van der Waals surface area contributed by atoms with Crippen LogP contribution in [0.25, 0.3) is 0 Å². The van der Waals surface area contributed by atoms with E-state index in [0.29, 0.717) is 30.0 Å². The van der Waals surface area contributed by atoms with Crippen LogP contribution in [-0.4, -0.2) is 50.9 Å². The van der Waals surface area contributed by atoms with Gasteiger partial charge in [0.05, 0.1) is 18.2 Å². The average molecular weight is 366 g/mol. The molecule has 1 heterocycles. The number of para-hydroxylation sites is 2. The lowest BCUT2D eigenvalue weighted by Gasteiger charge is -2.33. The highest BCUT2D eigenvalue weighted by Crippen LogP contribution is 2.28. The maximum Gasteiger partial charge on any atom is 0.255 e. The van der Waals surface area contributed by atoms with E-state index in [2.05, 4.69) is 0 Å². The molecule has 27 heavy (non-hydrogen) atoms. The Labute approximate surface area is 160 Å². The van der Waals surface area contributed by atoms with Gasteiger partial charge in [0, 0.05) is 38.8 Å². The first kappa shape index (κ1) is 19.0. The van der Waals surface area contributed by atoms with Crippen LogP contribution < -0.4 is 9.64 Å². The number of amides is 1. The summed E-state index contributed by atoms with van der Waals surface area (Å²) in [6.07, 6.45) is 1.61. The van der Waals surface area contributed by atoms with Crippen LogP contribution in [0.5, 0.6) is 5.75 Å². The highest BCUT2D eigenvalue weighted by Gasteiger charge is 2.31.